The lowest BCUT2D eigenvalue weighted by molar-refractivity contribution is -0.118. The molecule has 0 saturated heterocycles. The fourth-order valence-electron chi connectivity index (χ4n) is 2.65. The summed E-state index contributed by atoms with van der Waals surface area (Å²) in [5.74, 6) is 0.652. The van der Waals surface area contributed by atoms with E-state index in [4.69, 9.17) is 20.8 Å². The molecule has 0 atom stereocenters. The normalized spacial score (nSPS) is 11.1. The molecule has 1 amide bonds. The number of benzene rings is 3. The van der Waals surface area contributed by atoms with E-state index in [9.17, 15) is 4.79 Å². The number of fused-ring (bicyclic) bond motifs is 1. The van der Waals surface area contributed by atoms with E-state index < -0.39 is 0 Å². The zero-order valence-electron chi connectivity index (χ0n) is 16.3. The molecular weight excluding hydrogens is 434 g/mol. The summed E-state index contributed by atoms with van der Waals surface area (Å²) in [5, 5.41) is 5.14. The van der Waals surface area contributed by atoms with Crippen LogP contribution >= 0.6 is 23.4 Å². The van der Waals surface area contributed by atoms with Crippen LogP contribution in [0.15, 0.2) is 87.5 Å². The Labute approximate surface area is 188 Å². The largest absolute Gasteiger partial charge is 0.489 e. The van der Waals surface area contributed by atoms with E-state index in [1.54, 1.807) is 6.21 Å². The number of oxazole rings is 1. The Hall–Kier alpha value is -3.29. The molecule has 0 aliphatic heterocycles. The second kappa shape index (κ2) is 10.1. The summed E-state index contributed by atoms with van der Waals surface area (Å²) < 4.78 is 11.3. The summed E-state index contributed by atoms with van der Waals surface area (Å²) in [7, 11) is 0. The summed E-state index contributed by atoms with van der Waals surface area (Å²) >= 11 is 7.10. The Bertz CT molecular complexity index is 1160. The highest BCUT2D eigenvalue weighted by molar-refractivity contribution is 7.99. The number of carbonyl (C=O) groups excluding carboxylic acids is 1. The quantitative estimate of drug-likeness (QED) is 0.223. The van der Waals surface area contributed by atoms with Crippen molar-refractivity contribution < 1.29 is 13.9 Å². The van der Waals surface area contributed by atoms with Gasteiger partial charge in [-0.25, -0.2) is 10.4 Å². The summed E-state index contributed by atoms with van der Waals surface area (Å²) in [6.07, 6.45) is 1.57. The van der Waals surface area contributed by atoms with Crippen molar-refractivity contribution in [1.82, 2.24) is 10.4 Å². The van der Waals surface area contributed by atoms with Crippen LogP contribution < -0.4 is 10.2 Å². The summed E-state index contributed by atoms with van der Waals surface area (Å²) in [5.41, 5.74) is 5.84. The van der Waals surface area contributed by atoms with Gasteiger partial charge >= 0.3 is 0 Å². The number of hydrogen-bond donors (Lipinski definition) is 1. The maximum Gasteiger partial charge on any atom is 0.257 e. The average Bonchev–Trinajstić information content (AvgIpc) is 3.21. The highest BCUT2D eigenvalue weighted by Crippen LogP contribution is 2.22. The number of thioether (sulfide) groups is 1. The van der Waals surface area contributed by atoms with Crippen LogP contribution in [0.4, 0.5) is 0 Å². The van der Waals surface area contributed by atoms with Crippen molar-refractivity contribution in [2.24, 2.45) is 5.10 Å². The third-order valence-corrected chi connectivity index (χ3v) is 5.28. The Morgan fingerprint density at radius 1 is 1.10 bits per heavy atom. The Morgan fingerprint density at radius 2 is 1.87 bits per heavy atom. The number of para-hydroxylation sites is 2. The van der Waals surface area contributed by atoms with Crippen molar-refractivity contribution in [2.75, 3.05) is 5.75 Å². The van der Waals surface area contributed by atoms with Crippen LogP contribution in [0.2, 0.25) is 5.02 Å². The minimum Gasteiger partial charge on any atom is -0.489 e. The molecule has 0 bridgehead atoms. The first-order valence-corrected chi connectivity index (χ1v) is 10.8. The molecule has 156 valence electrons. The van der Waals surface area contributed by atoms with Gasteiger partial charge in [0.05, 0.1) is 12.0 Å². The number of nitrogens with zero attached hydrogens (tertiary/aromatic N) is 2. The van der Waals surface area contributed by atoms with E-state index in [0.717, 1.165) is 22.4 Å². The second-order valence-electron chi connectivity index (χ2n) is 6.51. The Kier molecular flexibility index (Phi) is 6.86. The number of aromatic nitrogens is 1. The van der Waals surface area contributed by atoms with Gasteiger partial charge in [-0.3, -0.25) is 4.79 Å². The number of halogens is 1. The summed E-state index contributed by atoms with van der Waals surface area (Å²) in [6.45, 7) is 0.457. The number of amides is 1. The maximum absolute atomic E-state index is 12.0. The minimum absolute atomic E-state index is 0.154. The molecule has 0 spiro atoms. The molecule has 3 aromatic carbocycles. The van der Waals surface area contributed by atoms with Crippen molar-refractivity contribution in [3.05, 3.63) is 88.9 Å². The third kappa shape index (κ3) is 6.10. The zero-order chi connectivity index (χ0) is 21.5. The van der Waals surface area contributed by atoms with Crippen molar-refractivity contribution in [1.29, 1.82) is 0 Å². The van der Waals surface area contributed by atoms with E-state index >= 15 is 0 Å². The third-order valence-electron chi connectivity index (χ3n) is 4.20. The van der Waals surface area contributed by atoms with Crippen LogP contribution in [-0.2, 0) is 11.4 Å². The highest BCUT2D eigenvalue weighted by Gasteiger charge is 2.08. The lowest BCUT2D eigenvalue weighted by Gasteiger charge is -2.06. The monoisotopic (exact) mass is 451 g/mol. The smallest absolute Gasteiger partial charge is 0.257 e. The van der Waals surface area contributed by atoms with Gasteiger partial charge in [0.25, 0.3) is 11.1 Å². The van der Waals surface area contributed by atoms with Crippen molar-refractivity contribution in [3.8, 4) is 5.75 Å². The molecule has 0 fully saturated rings. The molecule has 4 aromatic rings. The van der Waals surface area contributed by atoms with Crippen molar-refractivity contribution in [3.63, 3.8) is 0 Å². The number of hydrogen-bond acceptors (Lipinski definition) is 6. The molecule has 0 saturated carbocycles. The van der Waals surface area contributed by atoms with Crippen LogP contribution in [0.5, 0.6) is 5.75 Å². The van der Waals surface area contributed by atoms with E-state index in [0.29, 0.717) is 22.4 Å². The molecule has 6 nitrogen and oxygen atoms in total. The molecular formula is C23H18ClN3O3S. The molecule has 0 radical (unpaired) electrons. The first-order valence-electron chi connectivity index (χ1n) is 9.43. The van der Waals surface area contributed by atoms with Crippen LogP contribution in [0, 0.1) is 0 Å². The molecule has 1 N–H and O–H groups in total. The van der Waals surface area contributed by atoms with Crippen LogP contribution in [-0.4, -0.2) is 22.9 Å². The average molecular weight is 452 g/mol. The first kappa shape index (κ1) is 21.0. The minimum atomic E-state index is -0.244. The molecule has 0 unspecified atom stereocenters. The van der Waals surface area contributed by atoms with Gasteiger partial charge in [-0.1, -0.05) is 47.6 Å². The lowest BCUT2D eigenvalue weighted by atomic mass is 10.2. The van der Waals surface area contributed by atoms with Crippen LogP contribution in [0.1, 0.15) is 11.1 Å². The molecule has 0 aliphatic rings. The topological polar surface area (TPSA) is 76.7 Å². The number of nitrogens with one attached hydrogen (secondary N) is 1. The molecule has 4 rings (SSSR count). The highest BCUT2D eigenvalue weighted by atomic mass is 35.5. The van der Waals surface area contributed by atoms with E-state index in [2.05, 4.69) is 15.5 Å². The van der Waals surface area contributed by atoms with Gasteiger partial charge in [0.1, 0.15) is 17.9 Å². The van der Waals surface area contributed by atoms with Gasteiger partial charge in [-0.2, -0.15) is 5.10 Å². The van der Waals surface area contributed by atoms with Gasteiger partial charge in [-0.15, -0.1) is 0 Å². The second-order valence-corrected chi connectivity index (χ2v) is 7.88. The first-order chi connectivity index (χ1) is 15.2. The summed E-state index contributed by atoms with van der Waals surface area (Å²) in [6, 6.07) is 22.4. The van der Waals surface area contributed by atoms with Gasteiger partial charge in [-0.05, 0) is 59.7 Å². The predicted molar refractivity (Wildman–Crippen MR) is 123 cm³/mol. The molecule has 8 heteroatoms. The zero-order valence-corrected chi connectivity index (χ0v) is 17.9. The molecule has 0 aliphatic carbocycles. The maximum atomic E-state index is 12.0. The van der Waals surface area contributed by atoms with Crippen molar-refractivity contribution >= 4 is 46.6 Å². The lowest BCUT2D eigenvalue weighted by Crippen LogP contribution is -2.19. The predicted octanol–water partition coefficient (Wildman–Crippen LogP) is 5.30. The van der Waals surface area contributed by atoms with Crippen LogP contribution in [0.3, 0.4) is 0 Å². The standard InChI is InChI=1S/C23H18ClN3O3S/c24-18-9-5-17(6-10-18)14-29-19-11-7-16(8-12-19)13-25-27-22(28)15-31-23-26-20-3-1-2-4-21(20)30-23/h1-13H,14-15H2,(H,27,28)/b25-13-. The Balaban J connectivity index is 1.21. The van der Waals surface area contributed by atoms with Gasteiger partial charge in [0.2, 0.25) is 0 Å². The van der Waals surface area contributed by atoms with E-state index in [1.165, 1.54) is 11.8 Å². The Morgan fingerprint density at radius 3 is 2.65 bits per heavy atom. The number of ether oxygens (including phenoxy) is 1. The van der Waals surface area contributed by atoms with E-state index in [1.807, 2.05) is 72.8 Å². The van der Waals surface area contributed by atoms with Gasteiger partial charge in [0.15, 0.2) is 5.58 Å². The van der Waals surface area contributed by atoms with Gasteiger partial charge in [0, 0.05) is 5.02 Å². The molecule has 1 aromatic heterocycles. The van der Waals surface area contributed by atoms with E-state index in [-0.39, 0.29) is 11.7 Å². The van der Waals surface area contributed by atoms with Crippen molar-refractivity contribution in [2.45, 2.75) is 11.8 Å². The SMILES string of the molecule is O=C(CSc1nc2ccccc2o1)N/N=C\c1ccc(OCc2ccc(Cl)cc2)cc1. The number of rotatable bonds is 8. The number of hydrazone groups is 1. The van der Waals surface area contributed by atoms with Gasteiger partial charge < -0.3 is 9.15 Å². The molecule has 1 heterocycles. The fourth-order valence-corrected chi connectivity index (χ4v) is 3.41. The molecule has 31 heavy (non-hydrogen) atoms. The fraction of sp³-hybridized carbons (Fsp3) is 0.0870. The van der Waals surface area contributed by atoms with Crippen LogP contribution in [0.25, 0.3) is 11.1 Å². The summed E-state index contributed by atoms with van der Waals surface area (Å²) in [4.78, 5) is 16.3. The number of carbonyl (C=O) groups is 1.